The lowest BCUT2D eigenvalue weighted by Gasteiger charge is -2.22. The van der Waals surface area contributed by atoms with Crippen LogP contribution in [-0.4, -0.2) is 29.3 Å². The molecule has 0 saturated carbocycles. The number of hydrogen-bond acceptors (Lipinski definition) is 3. The molecule has 1 heterocycles. The molecule has 4 rings (SSSR count). The van der Waals surface area contributed by atoms with E-state index in [1.54, 1.807) is 31.2 Å². The lowest BCUT2D eigenvalue weighted by Crippen LogP contribution is -2.43. The Morgan fingerprint density at radius 1 is 1.06 bits per heavy atom. The molecule has 1 fully saturated rings. The van der Waals surface area contributed by atoms with Crippen molar-refractivity contribution in [3.63, 3.8) is 0 Å². The van der Waals surface area contributed by atoms with Crippen molar-refractivity contribution < 1.29 is 14.4 Å². The van der Waals surface area contributed by atoms with Crippen molar-refractivity contribution in [1.29, 1.82) is 0 Å². The fraction of sp³-hybridized carbons (Fsp3) is 0.208. The molecule has 0 radical (unpaired) electrons. The van der Waals surface area contributed by atoms with E-state index in [-0.39, 0.29) is 12.6 Å². The second-order valence-corrected chi connectivity index (χ2v) is 8.25. The third kappa shape index (κ3) is 3.86. The summed E-state index contributed by atoms with van der Waals surface area (Å²) in [5.41, 5.74) is 0.320. The summed E-state index contributed by atoms with van der Waals surface area (Å²) in [5, 5.41) is 8.25. The molecule has 2 N–H and O–H groups in total. The van der Waals surface area contributed by atoms with E-state index in [1.807, 2.05) is 49.4 Å². The molecule has 1 aliphatic heterocycles. The molecule has 1 aliphatic rings. The predicted octanol–water partition coefficient (Wildman–Crippen LogP) is 4.14. The maximum absolute atomic E-state index is 13.0. The Morgan fingerprint density at radius 3 is 2.48 bits per heavy atom. The highest BCUT2D eigenvalue weighted by Gasteiger charge is 2.49. The molecule has 7 heteroatoms. The third-order valence-corrected chi connectivity index (χ3v) is 5.92. The Labute approximate surface area is 185 Å². The zero-order valence-electron chi connectivity index (χ0n) is 17.2. The van der Waals surface area contributed by atoms with Crippen LogP contribution in [0.15, 0.2) is 66.7 Å². The zero-order chi connectivity index (χ0) is 22.2. The van der Waals surface area contributed by atoms with E-state index in [1.165, 1.54) is 0 Å². The van der Waals surface area contributed by atoms with Gasteiger partial charge in [0.15, 0.2) is 0 Å². The predicted molar refractivity (Wildman–Crippen MR) is 120 cm³/mol. The normalized spacial score (nSPS) is 19.4. The number of nitrogens with zero attached hydrogens (tertiary/aromatic N) is 1. The molecule has 3 aromatic rings. The van der Waals surface area contributed by atoms with Crippen molar-refractivity contribution >= 4 is 40.2 Å². The minimum absolute atomic E-state index is 0.290. The summed E-state index contributed by atoms with van der Waals surface area (Å²) in [4.78, 5) is 39.2. The largest absolute Gasteiger partial charge is 0.348 e. The summed E-state index contributed by atoms with van der Waals surface area (Å²) < 4.78 is 0. The molecule has 31 heavy (non-hydrogen) atoms. The standard InChI is InChI=1S/C24H22ClN3O3/c1-15(19-9-5-7-16-6-3-4-8-20(16)19)26-21(29)14-28-22(30)24(2,27-23(28)31)17-10-12-18(25)13-11-17/h3-13,15H,14H2,1-2H3,(H,26,29)(H,27,31). The summed E-state index contributed by atoms with van der Waals surface area (Å²) in [6.07, 6.45) is 0. The van der Waals surface area contributed by atoms with E-state index < -0.39 is 23.4 Å². The zero-order valence-corrected chi connectivity index (χ0v) is 17.9. The number of urea groups is 1. The van der Waals surface area contributed by atoms with Gasteiger partial charge in [0, 0.05) is 5.02 Å². The summed E-state index contributed by atoms with van der Waals surface area (Å²) >= 11 is 5.93. The number of amides is 4. The fourth-order valence-electron chi connectivity index (χ4n) is 3.96. The molecule has 158 valence electrons. The third-order valence-electron chi connectivity index (χ3n) is 5.67. The Hall–Kier alpha value is -3.38. The van der Waals surface area contributed by atoms with Crippen molar-refractivity contribution in [3.05, 3.63) is 82.9 Å². The minimum Gasteiger partial charge on any atom is -0.348 e. The average Bonchev–Trinajstić information content (AvgIpc) is 2.97. The smallest absolute Gasteiger partial charge is 0.325 e. The highest BCUT2D eigenvalue weighted by atomic mass is 35.5. The molecule has 6 nitrogen and oxygen atoms in total. The van der Waals surface area contributed by atoms with Gasteiger partial charge in [0.25, 0.3) is 5.91 Å². The van der Waals surface area contributed by atoms with Crippen LogP contribution < -0.4 is 10.6 Å². The van der Waals surface area contributed by atoms with Gasteiger partial charge < -0.3 is 10.6 Å². The number of carbonyl (C=O) groups excluding carboxylic acids is 3. The number of imide groups is 1. The van der Waals surface area contributed by atoms with E-state index in [9.17, 15) is 14.4 Å². The molecule has 0 aromatic heterocycles. The maximum atomic E-state index is 13.0. The van der Waals surface area contributed by atoms with Crippen LogP contribution in [0.4, 0.5) is 4.79 Å². The SMILES string of the molecule is CC(NC(=O)CN1C(=O)NC(C)(c2ccc(Cl)cc2)C1=O)c1cccc2ccccc12. The van der Waals surface area contributed by atoms with E-state index in [4.69, 9.17) is 11.6 Å². The highest BCUT2D eigenvalue weighted by Crippen LogP contribution is 2.30. The second kappa shape index (κ2) is 8.04. The summed E-state index contributed by atoms with van der Waals surface area (Å²) in [6, 6.07) is 19.6. The maximum Gasteiger partial charge on any atom is 0.325 e. The molecule has 0 spiro atoms. The van der Waals surface area contributed by atoms with Crippen molar-refractivity contribution in [2.75, 3.05) is 6.54 Å². The van der Waals surface area contributed by atoms with Gasteiger partial charge in [-0.25, -0.2) is 4.79 Å². The Morgan fingerprint density at radius 2 is 1.74 bits per heavy atom. The van der Waals surface area contributed by atoms with E-state index in [0.717, 1.165) is 21.2 Å². The summed E-state index contributed by atoms with van der Waals surface area (Å²) in [7, 11) is 0. The van der Waals surface area contributed by atoms with Crippen molar-refractivity contribution in [2.24, 2.45) is 0 Å². The summed E-state index contributed by atoms with van der Waals surface area (Å²) in [6.45, 7) is 3.14. The molecular formula is C24H22ClN3O3. The molecule has 1 saturated heterocycles. The Bertz CT molecular complexity index is 1170. The lowest BCUT2D eigenvalue weighted by molar-refractivity contribution is -0.135. The molecule has 0 aliphatic carbocycles. The fourth-order valence-corrected chi connectivity index (χ4v) is 4.08. The molecule has 2 unspecified atom stereocenters. The highest BCUT2D eigenvalue weighted by molar-refractivity contribution is 6.30. The van der Waals surface area contributed by atoms with Gasteiger partial charge in [-0.15, -0.1) is 0 Å². The van der Waals surface area contributed by atoms with E-state index >= 15 is 0 Å². The average molecular weight is 436 g/mol. The molecular weight excluding hydrogens is 414 g/mol. The van der Waals surface area contributed by atoms with Crippen LogP contribution in [0.5, 0.6) is 0 Å². The van der Waals surface area contributed by atoms with Gasteiger partial charge in [-0.2, -0.15) is 0 Å². The van der Waals surface area contributed by atoms with Crippen LogP contribution in [0.2, 0.25) is 5.02 Å². The van der Waals surface area contributed by atoms with Crippen molar-refractivity contribution in [1.82, 2.24) is 15.5 Å². The molecule has 3 aromatic carbocycles. The second-order valence-electron chi connectivity index (χ2n) is 7.81. The quantitative estimate of drug-likeness (QED) is 0.591. The number of benzene rings is 3. The van der Waals surface area contributed by atoms with E-state index in [2.05, 4.69) is 10.6 Å². The first-order chi connectivity index (χ1) is 14.8. The number of hydrogen-bond donors (Lipinski definition) is 2. The molecule has 4 amide bonds. The van der Waals surface area contributed by atoms with Crippen molar-refractivity contribution in [3.8, 4) is 0 Å². The first-order valence-corrected chi connectivity index (χ1v) is 10.3. The number of carbonyl (C=O) groups is 3. The van der Waals surface area contributed by atoms with Gasteiger partial charge in [-0.05, 0) is 47.9 Å². The Balaban J connectivity index is 1.49. The number of rotatable bonds is 5. The monoisotopic (exact) mass is 435 g/mol. The van der Waals surface area contributed by atoms with Gasteiger partial charge in [0.1, 0.15) is 12.1 Å². The number of halogens is 1. The lowest BCUT2D eigenvalue weighted by atomic mass is 9.92. The van der Waals surface area contributed by atoms with Crippen LogP contribution in [0.3, 0.4) is 0 Å². The number of fused-ring (bicyclic) bond motifs is 1. The van der Waals surface area contributed by atoms with Crippen LogP contribution in [0.1, 0.15) is 31.0 Å². The summed E-state index contributed by atoms with van der Waals surface area (Å²) in [5.74, 6) is -0.892. The van der Waals surface area contributed by atoms with Crippen LogP contribution in [0.25, 0.3) is 10.8 Å². The van der Waals surface area contributed by atoms with Gasteiger partial charge in [-0.1, -0.05) is 66.2 Å². The molecule has 0 bridgehead atoms. The Kier molecular flexibility index (Phi) is 5.41. The minimum atomic E-state index is -1.25. The van der Waals surface area contributed by atoms with Crippen LogP contribution >= 0.6 is 11.6 Å². The first kappa shape index (κ1) is 20.9. The van der Waals surface area contributed by atoms with Gasteiger partial charge >= 0.3 is 6.03 Å². The topological polar surface area (TPSA) is 78.5 Å². The number of nitrogens with one attached hydrogen (secondary N) is 2. The van der Waals surface area contributed by atoms with Gasteiger partial charge in [0.05, 0.1) is 6.04 Å². The van der Waals surface area contributed by atoms with Gasteiger partial charge in [0.2, 0.25) is 5.91 Å². The van der Waals surface area contributed by atoms with Crippen molar-refractivity contribution in [2.45, 2.75) is 25.4 Å². The van der Waals surface area contributed by atoms with Crippen LogP contribution in [-0.2, 0) is 15.1 Å². The van der Waals surface area contributed by atoms with Gasteiger partial charge in [-0.3, -0.25) is 14.5 Å². The van der Waals surface area contributed by atoms with E-state index in [0.29, 0.717) is 10.6 Å². The van der Waals surface area contributed by atoms with Crippen LogP contribution in [0, 0.1) is 0 Å². The molecule has 2 atom stereocenters. The first-order valence-electron chi connectivity index (χ1n) is 9.97.